The van der Waals surface area contributed by atoms with Gasteiger partial charge in [-0.1, -0.05) is 25.2 Å². The molecule has 0 aliphatic rings. The summed E-state index contributed by atoms with van der Waals surface area (Å²) in [5, 5.41) is 11.6. The van der Waals surface area contributed by atoms with Crippen LogP contribution in [0.5, 0.6) is 0 Å². The van der Waals surface area contributed by atoms with Crippen LogP contribution in [0.2, 0.25) is 0 Å². The average molecular weight is 206 g/mol. The van der Waals surface area contributed by atoms with Crippen LogP contribution in [0.3, 0.4) is 0 Å². The van der Waals surface area contributed by atoms with Crippen LogP contribution in [0.25, 0.3) is 0 Å². The van der Waals surface area contributed by atoms with Crippen molar-refractivity contribution in [2.24, 2.45) is 5.41 Å². The van der Waals surface area contributed by atoms with Crippen LogP contribution < -0.4 is 5.32 Å². The van der Waals surface area contributed by atoms with Crippen molar-refractivity contribution >= 4 is 28.1 Å². The second-order valence-electron chi connectivity index (χ2n) is 3.40. The summed E-state index contributed by atoms with van der Waals surface area (Å²) in [6.07, 6.45) is 0. The number of rotatable bonds is 4. The summed E-state index contributed by atoms with van der Waals surface area (Å²) in [6, 6.07) is 0. The summed E-state index contributed by atoms with van der Waals surface area (Å²) in [4.78, 5) is 0. The van der Waals surface area contributed by atoms with Gasteiger partial charge in [-0.05, 0) is 5.41 Å². The van der Waals surface area contributed by atoms with Gasteiger partial charge in [0.2, 0.25) is 5.13 Å². The maximum atomic E-state index is 5.76. The first-order valence-corrected chi connectivity index (χ1v) is 5.11. The van der Waals surface area contributed by atoms with Crippen LogP contribution in [0.15, 0.2) is 5.51 Å². The molecule has 12 heavy (non-hydrogen) atoms. The molecule has 0 aromatic carbocycles. The Balaban J connectivity index is 2.36. The lowest BCUT2D eigenvalue weighted by Crippen LogP contribution is -2.24. The van der Waals surface area contributed by atoms with Crippen molar-refractivity contribution in [3.8, 4) is 0 Å². The topological polar surface area (TPSA) is 37.8 Å². The smallest absolute Gasteiger partial charge is 0.205 e. The van der Waals surface area contributed by atoms with Gasteiger partial charge in [-0.2, -0.15) is 0 Å². The zero-order valence-electron chi connectivity index (χ0n) is 7.17. The van der Waals surface area contributed by atoms with Crippen LogP contribution in [-0.2, 0) is 0 Å². The van der Waals surface area contributed by atoms with Crippen LogP contribution in [0.4, 0.5) is 5.13 Å². The van der Waals surface area contributed by atoms with Crippen molar-refractivity contribution in [2.45, 2.75) is 13.8 Å². The van der Waals surface area contributed by atoms with Gasteiger partial charge in [-0.25, -0.2) is 0 Å². The van der Waals surface area contributed by atoms with Gasteiger partial charge in [0.15, 0.2) is 0 Å². The number of hydrogen-bond acceptors (Lipinski definition) is 4. The minimum Gasteiger partial charge on any atom is -0.360 e. The fraction of sp³-hybridized carbons (Fsp3) is 0.714. The number of anilines is 1. The Morgan fingerprint density at radius 3 is 2.92 bits per heavy atom. The molecule has 1 heterocycles. The number of hydrogen-bond donors (Lipinski definition) is 1. The molecular formula is C7H12ClN3S. The molecule has 0 fully saturated rings. The van der Waals surface area contributed by atoms with Crippen molar-refractivity contribution < 1.29 is 0 Å². The molecule has 1 rings (SSSR count). The number of nitrogens with one attached hydrogen (secondary N) is 1. The van der Waals surface area contributed by atoms with Crippen molar-refractivity contribution in [2.75, 3.05) is 17.7 Å². The molecule has 0 radical (unpaired) electrons. The largest absolute Gasteiger partial charge is 0.360 e. The second kappa shape index (κ2) is 4.05. The van der Waals surface area contributed by atoms with Crippen molar-refractivity contribution in [1.82, 2.24) is 10.2 Å². The van der Waals surface area contributed by atoms with E-state index in [4.69, 9.17) is 11.6 Å². The Morgan fingerprint density at radius 2 is 2.42 bits per heavy atom. The van der Waals surface area contributed by atoms with Crippen LogP contribution in [0.1, 0.15) is 13.8 Å². The minimum atomic E-state index is 0.104. The average Bonchev–Trinajstić information content (AvgIpc) is 2.53. The second-order valence-corrected chi connectivity index (χ2v) is 4.50. The summed E-state index contributed by atoms with van der Waals surface area (Å²) < 4.78 is 0. The third kappa shape index (κ3) is 2.95. The van der Waals surface area contributed by atoms with Gasteiger partial charge in [-0.3, -0.25) is 0 Å². The molecule has 1 N–H and O–H groups in total. The standard InChI is InChI=1S/C7H12ClN3S/c1-7(2,3-8)4-9-6-11-10-5-12-6/h5H,3-4H2,1-2H3,(H,9,11). The highest BCUT2D eigenvalue weighted by atomic mass is 35.5. The lowest BCUT2D eigenvalue weighted by molar-refractivity contribution is 0.450. The highest BCUT2D eigenvalue weighted by molar-refractivity contribution is 7.13. The minimum absolute atomic E-state index is 0.104. The van der Waals surface area contributed by atoms with E-state index in [0.29, 0.717) is 5.88 Å². The lowest BCUT2D eigenvalue weighted by Gasteiger charge is -2.20. The molecule has 68 valence electrons. The first-order chi connectivity index (χ1) is 5.64. The molecule has 0 aliphatic carbocycles. The molecule has 0 spiro atoms. The van der Waals surface area contributed by atoms with Crippen molar-refractivity contribution in [1.29, 1.82) is 0 Å². The molecule has 0 amide bonds. The maximum Gasteiger partial charge on any atom is 0.205 e. The maximum absolute atomic E-state index is 5.76. The van der Waals surface area contributed by atoms with E-state index in [2.05, 4.69) is 29.4 Å². The van der Waals surface area contributed by atoms with Gasteiger partial charge in [0, 0.05) is 12.4 Å². The van der Waals surface area contributed by atoms with Gasteiger partial charge in [0.1, 0.15) is 5.51 Å². The predicted molar refractivity (Wildman–Crippen MR) is 52.9 cm³/mol. The fourth-order valence-corrected chi connectivity index (χ4v) is 1.15. The van der Waals surface area contributed by atoms with E-state index in [-0.39, 0.29) is 5.41 Å². The molecule has 0 atom stereocenters. The molecule has 1 aromatic rings. The third-order valence-electron chi connectivity index (χ3n) is 1.44. The van der Waals surface area contributed by atoms with Gasteiger partial charge in [0.05, 0.1) is 0 Å². The lowest BCUT2D eigenvalue weighted by atomic mass is 9.97. The summed E-state index contributed by atoms with van der Waals surface area (Å²) >= 11 is 7.26. The third-order valence-corrected chi connectivity index (χ3v) is 2.81. The van der Waals surface area contributed by atoms with Gasteiger partial charge < -0.3 is 5.32 Å². The summed E-state index contributed by atoms with van der Waals surface area (Å²) in [7, 11) is 0. The molecule has 0 saturated heterocycles. The summed E-state index contributed by atoms with van der Waals surface area (Å²) in [5.74, 6) is 0.638. The van der Waals surface area contributed by atoms with E-state index < -0.39 is 0 Å². The van der Waals surface area contributed by atoms with E-state index in [1.165, 1.54) is 11.3 Å². The van der Waals surface area contributed by atoms with E-state index in [1.807, 2.05) is 0 Å². The monoisotopic (exact) mass is 205 g/mol. The molecule has 0 bridgehead atoms. The first kappa shape index (κ1) is 9.74. The zero-order chi connectivity index (χ0) is 9.03. The molecule has 0 saturated carbocycles. The first-order valence-electron chi connectivity index (χ1n) is 3.70. The Morgan fingerprint density at radius 1 is 1.67 bits per heavy atom. The molecule has 3 nitrogen and oxygen atoms in total. The van der Waals surface area contributed by atoms with E-state index in [9.17, 15) is 0 Å². The Kier molecular flexibility index (Phi) is 3.29. The van der Waals surface area contributed by atoms with E-state index in [0.717, 1.165) is 11.7 Å². The number of aromatic nitrogens is 2. The van der Waals surface area contributed by atoms with E-state index >= 15 is 0 Å². The number of halogens is 1. The highest BCUT2D eigenvalue weighted by Gasteiger charge is 2.16. The molecule has 1 aromatic heterocycles. The molecule has 5 heteroatoms. The molecule has 0 aliphatic heterocycles. The normalized spacial score (nSPS) is 11.6. The predicted octanol–water partition coefficient (Wildman–Crippen LogP) is 2.21. The van der Waals surface area contributed by atoms with Crippen LogP contribution >= 0.6 is 22.9 Å². The van der Waals surface area contributed by atoms with Crippen LogP contribution in [0, 0.1) is 5.41 Å². The van der Waals surface area contributed by atoms with Crippen molar-refractivity contribution in [3.05, 3.63) is 5.51 Å². The summed E-state index contributed by atoms with van der Waals surface area (Å²) in [5.41, 5.74) is 1.81. The Labute approximate surface area is 81.2 Å². The Bertz CT molecular complexity index is 223. The van der Waals surface area contributed by atoms with Gasteiger partial charge in [-0.15, -0.1) is 21.8 Å². The van der Waals surface area contributed by atoms with Crippen LogP contribution in [-0.4, -0.2) is 22.6 Å². The number of nitrogens with zero attached hydrogens (tertiary/aromatic N) is 2. The SMILES string of the molecule is CC(C)(CCl)CNc1nncs1. The number of alkyl halides is 1. The summed E-state index contributed by atoms with van der Waals surface area (Å²) in [6.45, 7) is 5.04. The van der Waals surface area contributed by atoms with E-state index in [1.54, 1.807) is 5.51 Å². The molecule has 0 unspecified atom stereocenters. The highest BCUT2D eigenvalue weighted by Crippen LogP contribution is 2.18. The van der Waals surface area contributed by atoms with Gasteiger partial charge >= 0.3 is 0 Å². The Hall–Kier alpha value is -0.350. The molecular weight excluding hydrogens is 194 g/mol. The van der Waals surface area contributed by atoms with Crippen molar-refractivity contribution in [3.63, 3.8) is 0 Å². The van der Waals surface area contributed by atoms with Gasteiger partial charge in [0.25, 0.3) is 0 Å². The fourth-order valence-electron chi connectivity index (χ4n) is 0.612. The zero-order valence-corrected chi connectivity index (χ0v) is 8.74. The quantitative estimate of drug-likeness (QED) is 0.767.